The lowest BCUT2D eigenvalue weighted by molar-refractivity contribution is 0.103. The average molecular weight is 336 g/mol. The highest BCUT2D eigenvalue weighted by Crippen LogP contribution is 2.26. The predicted molar refractivity (Wildman–Crippen MR) is 103 cm³/mol. The molecule has 0 fully saturated rings. The molecule has 0 radical (unpaired) electrons. The van der Waals surface area contributed by atoms with Crippen LogP contribution in [-0.2, 0) is 0 Å². The van der Waals surface area contributed by atoms with Crippen molar-refractivity contribution in [1.29, 1.82) is 0 Å². The van der Waals surface area contributed by atoms with Gasteiger partial charge in [0.05, 0.1) is 11.3 Å². The van der Waals surface area contributed by atoms with E-state index in [1.54, 1.807) is 0 Å². The molecule has 0 amide bonds. The van der Waals surface area contributed by atoms with E-state index in [4.69, 9.17) is 0 Å². The van der Waals surface area contributed by atoms with Crippen molar-refractivity contribution in [2.24, 2.45) is 0 Å². The zero-order chi connectivity index (χ0) is 17.8. The second kappa shape index (κ2) is 7.11. The van der Waals surface area contributed by atoms with Gasteiger partial charge in [-0.05, 0) is 6.07 Å². The Bertz CT molecular complexity index is 1030. The number of carbonyl (C=O) groups excluding carboxylic acids is 1. The molecule has 0 atom stereocenters. The lowest BCUT2D eigenvalue weighted by Crippen LogP contribution is -2.07. The highest BCUT2D eigenvalue weighted by atomic mass is 16.1. The van der Waals surface area contributed by atoms with Crippen molar-refractivity contribution < 1.29 is 4.79 Å². The van der Waals surface area contributed by atoms with E-state index in [1.807, 2.05) is 97.1 Å². The van der Waals surface area contributed by atoms with Crippen molar-refractivity contribution in [3.05, 3.63) is 108 Å². The van der Waals surface area contributed by atoms with E-state index in [-0.39, 0.29) is 5.78 Å². The molecule has 0 aliphatic heterocycles. The Morgan fingerprint density at radius 2 is 1.15 bits per heavy atom. The van der Waals surface area contributed by atoms with Gasteiger partial charge in [-0.15, -0.1) is 10.2 Å². The van der Waals surface area contributed by atoms with Crippen LogP contribution in [0.3, 0.4) is 0 Å². The van der Waals surface area contributed by atoms with E-state index < -0.39 is 0 Å². The van der Waals surface area contributed by atoms with Crippen molar-refractivity contribution in [3.8, 4) is 22.5 Å². The molecule has 26 heavy (non-hydrogen) atoms. The van der Waals surface area contributed by atoms with E-state index in [0.717, 1.165) is 11.1 Å². The summed E-state index contributed by atoms with van der Waals surface area (Å²) >= 11 is 0. The van der Waals surface area contributed by atoms with Crippen LogP contribution in [0.2, 0.25) is 0 Å². The standard InChI is InChI=1S/C23H16N2O/c26-23(19-14-8-3-9-15-19)20-16-21(17-10-4-1-5-11-17)24-25-22(20)18-12-6-2-7-13-18/h1-16H. The summed E-state index contributed by atoms with van der Waals surface area (Å²) in [5.74, 6) is -0.0588. The molecular weight excluding hydrogens is 320 g/mol. The van der Waals surface area contributed by atoms with Gasteiger partial charge in [0.25, 0.3) is 0 Å². The van der Waals surface area contributed by atoms with Gasteiger partial charge in [-0.2, -0.15) is 0 Å². The summed E-state index contributed by atoms with van der Waals surface area (Å²) in [5.41, 5.74) is 4.28. The van der Waals surface area contributed by atoms with Crippen molar-refractivity contribution in [2.75, 3.05) is 0 Å². The molecular formula is C23H16N2O. The maximum atomic E-state index is 13.2. The first-order valence-corrected chi connectivity index (χ1v) is 8.41. The van der Waals surface area contributed by atoms with Crippen molar-refractivity contribution in [3.63, 3.8) is 0 Å². The molecule has 0 spiro atoms. The predicted octanol–water partition coefficient (Wildman–Crippen LogP) is 5.04. The van der Waals surface area contributed by atoms with Crippen molar-refractivity contribution >= 4 is 5.78 Å². The number of hydrogen-bond donors (Lipinski definition) is 0. The quantitative estimate of drug-likeness (QED) is 0.490. The van der Waals surface area contributed by atoms with Crippen LogP contribution in [0, 0.1) is 0 Å². The van der Waals surface area contributed by atoms with E-state index in [0.29, 0.717) is 22.5 Å². The first-order chi connectivity index (χ1) is 12.8. The molecule has 0 saturated carbocycles. The number of aromatic nitrogens is 2. The first-order valence-electron chi connectivity index (χ1n) is 8.41. The van der Waals surface area contributed by atoms with E-state index >= 15 is 0 Å². The summed E-state index contributed by atoms with van der Waals surface area (Å²) in [6.45, 7) is 0. The van der Waals surface area contributed by atoms with Crippen LogP contribution in [0.25, 0.3) is 22.5 Å². The van der Waals surface area contributed by atoms with Crippen LogP contribution in [-0.4, -0.2) is 16.0 Å². The second-order valence-electron chi connectivity index (χ2n) is 5.92. The molecule has 4 rings (SSSR count). The number of benzene rings is 3. The maximum Gasteiger partial charge on any atom is 0.195 e. The van der Waals surface area contributed by atoms with Crippen molar-refractivity contribution in [2.45, 2.75) is 0 Å². The van der Waals surface area contributed by atoms with Gasteiger partial charge < -0.3 is 0 Å². The molecule has 0 unspecified atom stereocenters. The summed E-state index contributed by atoms with van der Waals surface area (Å²) in [4.78, 5) is 13.2. The van der Waals surface area contributed by atoms with Crippen LogP contribution < -0.4 is 0 Å². The molecule has 4 aromatic rings. The van der Waals surface area contributed by atoms with Gasteiger partial charge in [0.15, 0.2) is 5.78 Å². The summed E-state index contributed by atoms with van der Waals surface area (Å²) in [6.07, 6.45) is 0. The minimum Gasteiger partial charge on any atom is -0.289 e. The van der Waals surface area contributed by atoms with Gasteiger partial charge in [-0.1, -0.05) is 91.0 Å². The Morgan fingerprint density at radius 1 is 0.615 bits per heavy atom. The first kappa shape index (κ1) is 15.9. The lowest BCUT2D eigenvalue weighted by atomic mass is 9.97. The molecule has 3 aromatic carbocycles. The number of rotatable bonds is 4. The van der Waals surface area contributed by atoms with Crippen molar-refractivity contribution in [1.82, 2.24) is 10.2 Å². The summed E-state index contributed by atoms with van der Waals surface area (Å²) in [7, 11) is 0. The third-order valence-electron chi connectivity index (χ3n) is 4.19. The van der Waals surface area contributed by atoms with Gasteiger partial charge in [0.1, 0.15) is 5.69 Å². The fourth-order valence-corrected chi connectivity index (χ4v) is 2.87. The molecule has 124 valence electrons. The Hall–Kier alpha value is -3.59. The monoisotopic (exact) mass is 336 g/mol. The Morgan fingerprint density at radius 3 is 1.77 bits per heavy atom. The van der Waals surface area contributed by atoms with Gasteiger partial charge in [0.2, 0.25) is 0 Å². The Labute approximate surface area is 152 Å². The molecule has 0 aliphatic carbocycles. The topological polar surface area (TPSA) is 42.9 Å². The average Bonchev–Trinajstić information content (AvgIpc) is 2.75. The molecule has 1 aromatic heterocycles. The van der Waals surface area contributed by atoms with E-state index in [1.165, 1.54) is 0 Å². The van der Waals surface area contributed by atoms with E-state index in [9.17, 15) is 4.79 Å². The fraction of sp³-hybridized carbons (Fsp3) is 0. The SMILES string of the molecule is O=C(c1ccccc1)c1cc(-c2ccccc2)nnc1-c1ccccc1. The van der Waals surface area contributed by atoms with Crippen LogP contribution in [0.1, 0.15) is 15.9 Å². The molecule has 0 bridgehead atoms. The Kier molecular flexibility index (Phi) is 4.35. The molecule has 0 N–H and O–H groups in total. The summed E-state index contributed by atoms with van der Waals surface area (Å²) in [5, 5.41) is 8.76. The molecule has 1 heterocycles. The molecule has 3 heteroatoms. The highest BCUT2D eigenvalue weighted by Gasteiger charge is 2.18. The van der Waals surface area contributed by atoms with Crippen LogP contribution in [0.5, 0.6) is 0 Å². The summed E-state index contributed by atoms with van der Waals surface area (Å²) < 4.78 is 0. The molecule has 3 nitrogen and oxygen atoms in total. The third-order valence-corrected chi connectivity index (χ3v) is 4.19. The summed E-state index contributed by atoms with van der Waals surface area (Å²) in [6, 6.07) is 30.5. The van der Waals surface area contributed by atoms with E-state index in [2.05, 4.69) is 10.2 Å². The van der Waals surface area contributed by atoms with Gasteiger partial charge in [-0.25, -0.2) is 0 Å². The number of hydrogen-bond acceptors (Lipinski definition) is 3. The fourth-order valence-electron chi connectivity index (χ4n) is 2.87. The zero-order valence-electron chi connectivity index (χ0n) is 14.0. The molecule has 0 aliphatic rings. The second-order valence-corrected chi connectivity index (χ2v) is 5.92. The van der Waals surface area contributed by atoms with Gasteiger partial charge in [-0.3, -0.25) is 4.79 Å². The number of carbonyl (C=O) groups is 1. The van der Waals surface area contributed by atoms with Gasteiger partial charge in [0, 0.05) is 16.7 Å². The normalized spacial score (nSPS) is 10.5. The van der Waals surface area contributed by atoms with Crippen LogP contribution >= 0.6 is 0 Å². The van der Waals surface area contributed by atoms with Crippen LogP contribution in [0.15, 0.2) is 97.1 Å². The largest absolute Gasteiger partial charge is 0.289 e. The zero-order valence-corrected chi connectivity index (χ0v) is 14.0. The highest BCUT2D eigenvalue weighted by molar-refractivity contribution is 6.12. The molecule has 0 saturated heterocycles. The third kappa shape index (κ3) is 3.15. The van der Waals surface area contributed by atoms with Gasteiger partial charge >= 0.3 is 0 Å². The minimum absolute atomic E-state index is 0.0588. The number of nitrogens with zero attached hydrogens (tertiary/aromatic N) is 2. The Balaban J connectivity index is 1.89. The smallest absolute Gasteiger partial charge is 0.195 e. The minimum atomic E-state index is -0.0588. The lowest BCUT2D eigenvalue weighted by Gasteiger charge is -2.10. The maximum absolute atomic E-state index is 13.2. The van der Waals surface area contributed by atoms with Crippen LogP contribution in [0.4, 0.5) is 0 Å². The number of ketones is 1.